The monoisotopic (exact) mass is 591 g/mol. The summed E-state index contributed by atoms with van der Waals surface area (Å²) in [4.78, 5) is 36.9. The Morgan fingerprint density at radius 1 is 1.02 bits per heavy atom. The molecule has 1 aliphatic heterocycles. The van der Waals surface area contributed by atoms with Crippen molar-refractivity contribution in [3.8, 4) is 11.5 Å². The van der Waals surface area contributed by atoms with Crippen molar-refractivity contribution in [2.24, 2.45) is 18.7 Å². The molecule has 218 valence electrons. The molecule has 0 radical (unpaired) electrons. The average Bonchev–Trinajstić information content (AvgIpc) is 3.55. The van der Waals surface area contributed by atoms with E-state index in [0.717, 1.165) is 0 Å². The minimum absolute atomic E-state index is 0.0235. The second-order valence-electron chi connectivity index (χ2n) is 10.1. The predicted molar refractivity (Wildman–Crippen MR) is 153 cm³/mol. The highest BCUT2D eigenvalue weighted by atomic mass is 32.2. The molecule has 2 atom stereocenters. The summed E-state index contributed by atoms with van der Waals surface area (Å²) in [5, 5.41) is 9.96. The van der Waals surface area contributed by atoms with Crippen LogP contribution in [0.3, 0.4) is 0 Å². The van der Waals surface area contributed by atoms with Crippen LogP contribution in [-0.4, -0.2) is 42.7 Å². The van der Waals surface area contributed by atoms with E-state index in [2.05, 4.69) is 4.72 Å². The van der Waals surface area contributed by atoms with Gasteiger partial charge in [-0.3, -0.25) is 14.4 Å². The summed E-state index contributed by atoms with van der Waals surface area (Å²) in [6, 6.07) is 15.6. The van der Waals surface area contributed by atoms with Gasteiger partial charge in [0, 0.05) is 29.7 Å². The minimum atomic E-state index is -4.30. The zero-order chi connectivity index (χ0) is 30.2. The number of primary amides is 1. The summed E-state index contributed by atoms with van der Waals surface area (Å²) >= 11 is 0. The third-order valence-electron chi connectivity index (χ3n) is 7.40. The summed E-state index contributed by atoms with van der Waals surface area (Å²) in [7, 11) is -2.56. The molecule has 2 heterocycles. The topological polar surface area (TPSA) is 167 Å². The van der Waals surface area contributed by atoms with Crippen LogP contribution in [0.15, 0.2) is 71.8 Å². The molecular formula is C30H29N3O8S. The number of amides is 2. The normalized spacial score (nSPS) is 14.0. The van der Waals surface area contributed by atoms with Crippen molar-refractivity contribution in [2.45, 2.75) is 30.6 Å². The number of sulfonamides is 1. The number of benzene rings is 3. The van der Waals surface area contributed by atoms with Crippen molar-refractivity contribution >= 4 is 38.7 Å². The first-order chi connectivity index (χ1) is 20.0. The maximum atomic E-state index is 13.9. The van der Waals surface area contributed by atoms with Gasteiger partial charge in [0.1, 0.15) is 0 Å². The minimum Gasteiger partial charge on any atom is -0.481 e. The summed E-state index contributed by atoms with van der Waals surface area (Å²) in [5.74, 6) is -3.08. The van der Waals surface area contributed by atoms with Gasteiger partial charge in [0.25, 0.3) is 10.0 Å². The summed E-state index contributed by atoms with van der Waals surface area (Å²) in [6.07, 6.45) is 2.40. The Bertz CT molecular complexity index is 1810. The van der Waals surface area contributed by atoms with E-state index in [9.17, 15) is 27.9 Å². The van der Waals surface area contributed by atoms with E-state index < -0.39 is 39.6 Å². The summed E-state index contributed by atoms with van der Waals surface area (Å²) in [5.41, 5.74) is 8.02. The Labute approximate surface area is 241 Å². The number of carbonyl (C=O) groups excluding carboxylic acids is 2. The van der Waals surface area contributed by atoms with Gasteiger partial charge in [0.05, 0.1) is 16.7 Å². The lowest BCUT2D eigenvalue weighted by molar-refractivity contribution is -0.141. The molecule has 1 aromatic heterocycles. The summed E-state index contributed by atoms with van der Waals surface area (Å²) in [6.45, 7) is 1.80. The fraction of sp³-hybridized carbons (Fsp3) is 0.233. The number of nitrogens with two attached hydrogens (primary N) is 1. The molecule has 0 fully saturated rings. The second-order valence-corrected chi connectivity index (χ2v) is 11.8. The smallest absolute Gasteiger partial charge is 0.306 e. The quantitative estimate of drug-likeness (QED) is 0.253. The molecule has 0 spiro atoms. The Morgan fingerprint density at radius 3 is 2.40 bits per heavy atom. The van der Waals surface area contributed by atoms with Crippen LogP contribution in [0.1, 0.15) is 46.3 Å². The molecule has 2 unspecified atom stereocenters. The van der Waals surface area contributed by atoms with Gasteiger partial charge in [-0.1, -0.05) is 31.2 Å². The number of hydrogen-bond donors (Lipinski definition) is 3. The Morgan fingerprint density at radius 2 is 1.74 bits per heavy atom. The van der Waals surface area contributed by atoms with E-state index in [1.54, 1.807) is 73.3 Å². The largest absolute Gasteiger partial charge is 0.481 e. The van der Waals surface area contributed by atoms with Crippen LogP contribution in [0, 0.1) is 5.92 Å². The van der Waals surface area contributed by atoms with Gasteiger partial charge in [-0.05, 0) is 65.9 Å². The van der Waals surface area contributed by atoms with E-state index in [-0.39, 0.29) is 18.1 Å². The van der Waals surface area contributed by atoms with Crippen LogP contribution in [0.4, 0.5) is 0 Å². The van der Waals surface area contributed by atoms with Crippen LogP contribution in [0.25, 0.3) is 10.9 Å². The highest BCUT2D eigenvalue weighted by Crippen LogP contribution is 2.39. The maximum absolute atomic E-state index is 13.9. The molecule has 2 amide bonds. The number of rotatable bonds is 10. The van der Waals surface area contributed by atoms with Crippen LogP contribution in [-0.2, 0) is 33.1 Å². The molecule has 4 N–H and O–H groups in total. The number of aromatic nitrogens is 1. The standard InChI is InChI=1S/C30H29N3O8S/c1-3-18(30(36)37)12-17-4-8-21(9-5-17)42(38,39)32-29(35)27(19-7-11-25-26(14-19)41-16-40-25)23-15-33(2)24-13-20(28(31)34)6-10-22(23)24/h4-11,13-15,18,27H,3,12,16H2,1-2H3,(H2,31,34)(H,32,35)(H,36,37). The van der Waals surface area contributed by atoms with E-state index in [4.69, 9.17) is 15.2 Å². The molecule has 3 aromatic carbocycles. The van der Waals surface area contributed by atoms with E-state index in [1.807, 2.05) is 0 Å². The molecule has 0 aliphatic carbocycles. The van der Waals surface area contributed by atoms with E-state index >= 15 is 0 Å². The molecule has 0 saturated carbocycles. The van der Waals surface area contributed by atoms with Crippen molar-refractivity contribution in [3.63, 3.8) is 0 Å². The molecule has 11 nitrogen and oxygen atoms in total. The molecule has 1 aliphatic rings. The van der Waals surface area contributed by atoms with Crippen molar-refractivity contribution in [3.05, 3.63) is 89.1 Å². The highest BCUT2D eigenvalue weighted by molar-refractivity contribution is 7.90. The van der Waals surface area contributed by atoms with Crippen LogP contribution >= 0.6 is 0 Å². The number of carbonyl (C=O) groups is 3. The van der Waals surface area contributed by atoms with Crippen molar-refractivity contribution in [2.75, 3.05) is 6.79 Å². The molecule has 42 heavy (non-hydrogen) atoms. The van der Waals surface area contributed by atoms with Gasteiger partial charge in [0.2, 0.25) is 18.6 Å². The number of hydrogen-bond acceptors (Lipinski definition) is 7. The van der Waals surface area contributed by atoms with Crippen LogP contribution < -0.4 is 19.9 Å². The van der Waals surface area contributed by atoms with Gasteiger partial charge in [-0.2, -0.15) is 0 Å². The predicted octanol–water partition coefficient (Wildman–Crippen LogP) is 3.30. The van der Waals surface area contributed by atoms with Gasteiger partial charge in [-0.15, -0.1) is 0 Å². The summed E-state index contributed by atoms with van der Waals surface area (Å²) < 4.78 is 41.6. The lowest BCUT2D eigenvalue weighted by Gasteiger charge is -2.18. The molecule has 0 saturated heterocycles. The third kappa shape index (κ3) is 5.53. The molecule has 12 heteroatoms. The van der Waals surface area contributed by atoms with Gasteiger partial charge < -0.3 is 24.9 Å². The van der Waals surface area contributed by atoms with Gasteiger partial charge in [0.15, 0.2) is 11.5 Å². The first-order valence-corrected chi connectivity index (χ1v) is 14.6. The van der Waals surface area contributed by atoms with Crippen molar-refractivity contribution in [1.82, 2.24) is 9.29 Å². The number of carboxylic acid groups (broad SMARTS) is 1. The lowest BCUT2D eigenvalue weighted by Crippen LogP contribution is -2.35. The SMILES string of the molecule is CCC(Cc1ccc(S(=O)(=O)NC(=O)C(c2ccc3c(c2)OCO3)c2cn(C)c3cc(C(N)=O)ccc23)cc1)C(=O)O. The Kier molecular flexibility index (Phi) is 7.65. The zero-order valence-electron chi connectivity index (χ0n) is 22.9. The lowest BCUT2D eigenvalue weighted by atomic mass is 9.90. The third-order valence-corrected chi connectivity index (χ3v) is 8.76. The number of nitrogens with zero attached hydrogens (tertiary/aromatic N) is 1. The van der Waals surface area contributed by atoms with E-state index in [1.165, 1.54) is 12.1 Å². The van der Waals surface area contributed by atoms with Gasteiger partial charge in [-0.25, -0.2) is 13.1 Å². The van der Waals surface area contributed by atoms with Crippen molar-refractivity contribution < 1.29 is 37.4 Å². The number of carboxylic acids is 1. The number of ether oxygens (including phenoxy) is 2. The van der Waals surface area contributed by atoms with Gasteiger partial charge >= 0.3 is 5.97 Å². The highest BCUT2D eigenvalue weighted by Gasteiger charge is 2.31. The zero-order valence-corrected chi connectivity index (χ0v) is 23.7. The molecular weight excluding hydrogens is 562 g/mol. The first-order valence-electron chi connectivity index (χ1n) is 13.1. The fourth-order valence-electron chi connectivity index (χ4n) is 5.11. The van der Waals surface area contributed by atoms with E-state index in [0.29, 0.717) is 51.1 Å². The van der Waals surface area contributed by atoms with Crippen LogP contribution in [0.5, 0.6) is 11.5 Å². The Hall–Kier alpha value is -4.84. The number of aryl methyl sites for hydroxylation is 1. The number of aliphatic carboxylic acids is 1. The molecule has 0 bridgehead atoms. The Balaban J connectivity index is 1.51. The van der Waals surface area contributed by atoms with Crippen LogP contribution in [0.2, 0.25) is 0 Å². The molecule has 5 rings (SSSR count). The second kappa shape index (κ2) is 11.2. The fourth-order valence-corrected chi connectivity index (χ4v) is 6.10. The average molecular weight is 592 g/mol. The number of nitrogens with one attached hydrogen (secondary N) is 1. The first kappa shape index (κ1) is 28.7. The number of fused-ring (bicyclic) bond motifs is 2. The van der Waals surface area contributed by atoms with Crippen molar-refractivity contribution in [1.29, 1.82) is 0 Å². The molecule has 4 aromatic rings. The maximum Gasteiger partial charge on any atom is 0.306 e.